The molecule has 7 heteroatoms. The van der Waals surface area contributed by atoms with Crippen LogP contribution < -0.4 is 10.5 Å². The minimum Gasteiger partial charge on any atom is -0.486 e. The lowest BCUT2D eigenvalue weighted by atomic mass is 9.86. The number of nitrogens with zero attached hydrogens (tertiary/aromatic N) is 1. The molecule has 3 atom stereocenters. The van der Waals surface area contributed by atoms with Gasteiger partial charge in [-0.2, -0.15) is 0 Å². The molecule has 0 amide bonds. The van der Waals surface area contributed by atoms with Crippen molar-refractivity contribution in [3.63, 3.8) is 0 Å². The van der Waals surface area contributed by atoms with Crippen LogP contribution in [0, 0.1) is 10.1 Å². The summed E-state index contributed by atoms with van der Waals surface area (Å²) in [6.07, 6.45) is 1.28. The van der Waals surface area contributed by atoms with Crippen LogP contribution in [0.2, 0.25) is 5.02 Å². The molecule has 1 aliphatic carbocycles. The fourth-order valence-electron chi connectivity index (χ4n) is 2.08. The Morgan fingerprint density at radius 3 is 2.85 bits per heavy atom. The first kappa shape index (κ1) is 15.0. The number of hydrogen-bond donors (Lipinski definition) is 1. The Morgan fingerprint density at radius 1 is 1.55 bits per heavy atom. The lowest BCUT2D eigenvalue weighted by molar-refractivity contribution is -0.384. The van der Waals surface area contributed by atoms with Crippen LogP contribution >= 0.6 is 11.6 Å². The third kappa shape index (κ3) is 3.20. The van der Waals surface area contributed by atoms with Gasteiger partial charge in [-0.1, -0.05) is 18.5 Å². The summed E-state index contributed by atoms with van der Waals surface area (Å²) in [6, 6.07) is 4.10. The largest absolute Gasteiger partial charge is 0.486 e. The van der Waals surface area contributed by atoms with Crippen LogP contribution in [0.15, 0.2) is 18.2 Å². The monoisotopic (exact) mass is 300 g/mol. The highest BCUT2D eigenvalue weighted by molar-refractivity contribution is 6.32. The van der Waals surface area contributed by atoms with Crippen molar-refractivity contribution in [1.82, 2.24) is 0 Å². The second-order valence-corrected chi connectivity index (χ2v) is 5.17. The summed E-state index contributed by atoms with van der Waals surface area (Å²) in [6.45, 7) is 2.65. The van der Waals surface area contributed by atoms with Crippen molar-refractivity contribution in [2.75, 3.05) is 6.61 Å². The zero-order valence-electron chi connectivity index (χ0n) is 11.1. The zero-order valence-corrected chi connectivity index (χ0v) is 11.9. The molecule has 110 valence electrons. The Kier molecular flexibility index (Phi) is 4.80. The molecule has 1 aromatic rings. The third-order valence-electron chi connectivity index (χ3n) is 3.21. The lowest BCUT2D eigenvalue weighted by Crippen LogP contribution is -2.59. The lowest BCUT2D eigenvalue weighted by Gasteiger charge is -2.41. The van der Waals surface area contributed by atoms with E-state index >= 15 is 0 Å². The maximum absolute atomic E-state index is 10.6. The first-order chi connectivity index (χ1) is 9.52. The van der Waals surface area contributed by atoms with Gasteiger partial charge in [0, 0.05) is 31.2 Å². The van der Waals surface area contributed by atoms with Crippen LogP contribution in [0.3, 0.4) is 0 Å². The summed E-state index contributed by atoms with van der Waals surface area (Å²) in [7, 11) is 0. The Labute approximate surface area is 122 Å². The molecule has 20 heavy (non-hydrogen) atoms. The smallest absolute Gasteiger partial charge is 0.271 e. The molecule has 0 aliphatic heterocycles. The average molecular weight is 301 g/mol. The summed E-state index contributed by atoms with van der Waals surface area (Å²) in [4.78, 5) is 10.1. The molecule has 6 nitrogen and oxygen atoms in total. The van der Waals surface area contributed by atoms with E-state index in [0.717, 1.165) is 6.42 Å². The van der Waals surface area contributed by atoms with E-state index in [2.05, 4.69) is 0 Å². The number of halogens is 1. The van der Waals surface area contributed by atoms with Crippen molar-refractivity contribution in [2.24, 2.45) is 5.73 Å². The summed E-state index contributed by atoms with van der Waals surface area (Å²) >= 11 is 5.99. The quantitative estimate of drug-likeness (QED) is 0.644. The van der Waals surface area contributed by atoms with Gasteiger partial charge in [0.1, 0.15) is 18.0 Å². The van der Waals surface area contributed by atoms with Crippen molar-refractivity contribution in [3.8, 4) is 5.75 Å². The summed E-state index contributed by atoms with van der Waals surface area (Å²) in [5.41, 5.74) is 5.82. The van der Waals surface area contributed by atoms with Gasteiger partial charge >= 0.3 is 0 Å². The van der Waals surface area contributed by atoms with Gasteiger partial charge in [0.2, 0.25) is 0 Å². The Hall–Kier alpha value is -1.37. The molecule has 0 spiro atoms. The van der Waals surface area contributed by atoms with E-state index in [1.807, 2.05) is 6.92 Å². The first-order valence-corrected chi connectivity index (χ1v) is 6.88. The third-order valence-corrected chi connectivity index (χ3v) is 3.51. The van der Waals surface area contributed by atoms with Gasteiger partial charge in [0.15, 0.2) is 0 Å². The molecule has 0 bridgehead atoms. The predicted octanol–water partition coefficient (Wildman–Crippen LogP) is 2.52. The number of rotatable bonds is 6. The van der Waals surface area contributed by atoms with Gasteiger partial charge in [0.05, 0.1) is 9.95 Å². The molecular weight excluding hydrogens is 284 g/mol. The highest BCUT2D eigenvalue weighted by Crippen LogP contribution is 2.33. The van der Waals surface area contributed by atoms with Crippen molar-refractivity contribution >= 4 is 17.3 Å². The van der Waals surface area contributed by atoms with Crippen molar-refractivity contribution in [2.45, 2.75) is 38.0 Å². The van der Waals surface area contributed by atoms with Gasteiger partial charge in [-0.05, 0) is 12.5 Å². The summed E-state index contributed by atoms with van der Waals surface area (Å²) < 4.78 is 11.4. The normalized spacial score (nSPS) is 25.1. The number of nitro groups is 1. The van der Waals surface area contributed by atoms with Gasteiger partial charge in [-0.25, -0.2) is 0 Å². The molecule has 0 radical (unpaired) electrons. The molecule has 1 fully saturated rings. The predicted molar refractivity (Wildman–Crippen MR) is 75.1 cm³/mol. The molecule has 2 rings (SSSR count). The van der Waals surface area contributed by atoms with Crippen molar-refractivity contribution in [1.29, 1.82) is 0 Å². The van der Waals surface area contributed by atoms with E-state index in [4.69, 9.17) is 26.8 Å². The maximum Gasteiger partial charge on any atom is 0.271 e. The highest BCUT2D eigenvalue weighted by atomic mass is 35.5. The molecule has 1 aromatic carbocycles. The van der Waals surface area contributed by atoms with E-state index < -0.39 is 4.92 Å². The number of nitrogens with two attached hydrogens (primary N) is 1. The molecule has 2 N–H and O–H groups in total. The number of non-ortho nitro benzene ring substituents is 1. The number of benzene rings is 1. The van der Waals surface area contributed by atoms with Crippen molar-refractivity contribution < 1.29 is 14.4 Å². The standard InChI is InChI=1S/C13H17ClN2O4/c1-2-5-19-13-10(15)7-12(13)20-11-4-3-8(16(17)18)6-9(11)14/h3-4,6,10,12-13H,2,5,7,15H2,1H3. The minimum absolute atomic E-state index is 0.0385. The van der Waals surface area contributed by atoms with Gasteiger partial charge in [-0.15, -0.1) is 0 Å². The minimum atomic E-state index is -0.498. The SMILES string of the molecule is CCCOC1C(N)CC1Oc1ccc([N+](=O)[O-])cc1Cl. The molecule has 1 saturated carbocycles. The zero-order chi connectivity index (χ0) is 14.7. The van der Waals surface area contributed by atoms with Crippen LogP contribution in [-0.4, -0.2) is 29.8 Å². The van der Waals surface area contributed by atoms with Gasteiger partial charge in [0.25, 0.3) is 5.69 Å². The molecule has 1 aliphatic rings. The van der Waals surface area contributed by atoms with Crippen LogP contribution in [0.5, 0.6) is 5.75 Å². The van der Waals surface area contributed by atoms with Crippen LogP contribution in [0.4, 0.5) is 5.69 Å². The van der Waals surface area contributed by atoms with E-state index in [1.165, 1.54) is 18.2 Å². The van der Waals surface area contributed by atoms with Gasteiger partial charge < -0.3 is 15.2 Å². The summed E-state index contributed by atoms with van der Waals surface area (Å²) in [5, 5.41) is 10.9. The van der Waals surface area contributed by atoms with Crippen LogP contribution in [-0.2, 0) is 4.74 Å². The number of hydrogen-bond acceptors (Lipinski definition) is 5. The maximum atomic E-state index is 10.6. The van der Waals surface area contributed by atoms with E-state index in [1.54, 1.807) is 0 Å². The van der Waals surface area contributed by atoms with E-state index in [9.17, 15) is 10.1 Å². The van der Waals surface area contributed by atoms with Crippen LogP contribution in [0.1, 0.15) is 19.8 Å². The molecule has 3 unspecified atom stereocenters. The highest BCUT2D eigenvalue weighted by Gasteiger charge is 2.41. The van der Waals surface area contributed by atoms with Crippen LogP contribution in [0.25, 0.3) is 0 Å². The fraction of sp³-hybridized carbons (Fsp3) is 0.538. The van der Waals surface area contributed by atoms with E-state index in [0.29, 0.717) is 18.8 Å². The fourth-order valence-corrected chi connectivity index (χ4v) is 2.30. The topological polar surface area (TPSA) is 87.6 Å². The average Bonchev–Trinajstić information content (AvgIpc) is 2.40. The van der Waals surface area contributed by atoms with E-state index in [-0.39, 0.29) is 29.0 Å². The molecular formula is C13H17ClN2O4. The second-order valence-electron chi connectivity index (χ2n) is 4.76. The molecule has 0 saturated heterocycles. The second kappa shape index (κ2) is 6.39. The van der Waals surface area contributed by atoms with Crippen molar-refractivity contribution in [3.05, 3.63) is 33.3 Å². The Balaban J connectivity index is 2.01. The first-order valence-electron chi connectivity index (χ1n) is 6.50. The Morgan fingerprint density at radius 2 is 2.30 bits per heavy atom. The van der Waals surface area contributed by atoms with Gasteiger partial charge in [-0.3, -0.25) is 10.1 Å². The molecule has 0 aromatic heterocycles. The summed E-state index contributed by atoms with van der Waals surface area (Å²) in [5.74, 6) is 0.416. The number of nitro benzene ring substituents is 1. The molecule has 0 heterocycles. The number of ether oxygens (including phenoxy) is 2. The Bertz CT molecular complexity index is 497.